The number of hydrogen-bond acceptors (Lipinski definition) is 6. The molecule has 1 atom stereocenters. The molecular weight excluding hydrogens is 517 g/mol. The van der Waals surface area contributed by atoms with E-state index in [2.05, 4.69) is 0 Å². The Morgan fingerprint density at radius 3 is 2.22 bits per heavy atom. The third-order valence-corrected chi connectivity index (χ3v) is 6.91. The maximum atomic E-state index is 13.6. The summed E-state index contributed by atoms with van der Waals surface area (Å²) in [6.45, 7) is 3.79. The van der Waals surface area contributed by atoms with Crippen molar-refractivity contribution < 1.29 is 28.9 Å². The number of aryl methyl sites for hydroxylation is 2. The average Bonchev–Trinajstić information content (AvgIpc) is 3.13. The van der Waals surface area contributed by atoms with Gasteiger partial charge in [-0.2, -0.15) is 0 Å². The van der Waals surface area contributed by atoms with Gasteiger partial charge in [0.05, 0.1) is 43.5 Å². The molecule has 1 fully saturated rings. The quantitative estimate of drug-likeness (QED) is 0.225. The first kappa shape index (κ1) is 26.4. The van der Waals surface area contributed by atoms with Crippen LogP contribution in [0.4, 0.5) is 5.69 Å². The van der Waals surface area contributed by atoms with E-state index in [1.807, 2.05) is 26.0 Å². The van der Waals surface area contributed by atoms with E-state index >= 15 is 0 Å². The molecule has 192 valence electrons. The van der Waals surface area contributed by atoms with Gasteiger partial charge in [-0.15, -0.1) is 0 Å². The molecule has 0 aromatic heterocycles. The lowest BCUT2D eigenvalue weighted by Gasteiger charge is -2.28. The molecule has 4 rings (SSSR count). The third kappa shape index (κ3) is 4.38. The fourth-order valence-electron chi connectivity index (χ4n) is 4.63. The lowest BCUT2D eigenvalue weighted by molar-refractivity contribution is -0.132. The maximum Gasteiger partial charge on any atom is 0.300 e. The first-order valence-corrected chi connectivity index (χ1v) is 12.0. The fraction of sp³-hybridized carbons (Fsp3) is 0.214. The van der Waals surface area contributed by atoms with E-state index in [4.69, 9.17) is 37.4 Å². The third-order valence-electron chi connectivity index (χ3n) is 6.28. The summed E-state index contributed by atoms with van der Waals surface area (Å²) >= 11 is 12.8. The summed E-state index contributed by atoms with van der Waals surface area (Å²) in [7, 11) is 4.24. The monoisotopic (exact) mass is 541 g/mol. The fourth-order valence-corrected chi connectivity index (χ4v) is 5.32. The van der Waals surface area contributed by atoms with Gasteiger partial charge in [-0.3, -0.25) is 14.5 Å². The van der Waals surface area contributed by atoms with Crippen molar-refractivity contribution in [3.63, 3.8) is 0 Å². The van der Waals surface area contributed by atoms with E-state index in [-0.39, 0.29) is 32.7 Å². The van der Waals surface area contributed by atoms with Crippen LogP contribution in [0.2, 0.25) is 10.0 Å². The Bertz CT molecular complexity index is 1450. The SMILES string of the molecule is COc1ccccc1C1/C(=C(\O)c2cc(Cl)c(OC)c(Cl)c2OC)C(=O)C(=O)N1c1ccc(C)cc1C. The second kappa shape index (κ2) is 10.4. The summed E-state index contributed by atoms with van der Waals surface area (Å²) in [5.41, 5.74) is 2.70. The van der Waals surface area contributed by atoms with Gasteiger partial charge in [-0.25, -0.2) is 0 Å². The van der Waals surface area contributed by atoms with E-state index in [1.165, 1.54) is 32.3 Å². The summed E-state index contributed by atoms with van der Waals surface area (Å²) in [4.78, 5) is 28.5. The number of aliphatic hydroxyl groups excluding tert-OH is 1. The number of Topliss-reactive ketones (excluding diaryl/α,β-unsaturated/α-hetero) is 1. The Hall–Kier alpha value is -3.68. The van der Waals surface area contributed by atoms with Gasteiger partial charge < -0.3 is 19.3 Å². The van der Waals surface area contributed by atoms with Crippen LogP contribution >= 0.6 is 23.2 Å². The van der Waals surface area contributed by atoms with Crippen molar-refractivity contribution in [2.24, 2.45) is 0 Å². The molecule has 1 N–H and O–H groups in total. The van der Waals surface area contributed by atoms with Gasteiger partial charge in [0.1, 0.15) is 16.5 Å². The van der Waals surface area contributed by atoms with Crippen molar-refractivity contribution in [1.29, 1.82) is 0 Å². The number of halogens is 2. The topological polar surface area (TPSA) is 85.3 Å². The first-order chi connectivity index (χ1) is 17.7. The van der Waals surface area contributed by atoms with Gasteiger partial charge in [0.25, 0.3) is 11.7 Å². The second-order valence-electron chi connectivity index (χ2n) is 8.49. The predicted octanol–water partition coefficient (Wildman–Crippen LogP) is 6.26. The van der Waals surface area contributed by atoms with Gasteiger partial charge in [0.2, 0.25) is 0 Å². The number of benzene rings is 3. The molecule has 0 saturated carbocycles. The Morgan fingerprint density at radius 1 is 0.919 bits per heavy atom. The molecule has 0 spiro atoms. The van der Waals surface area contributed by atoms with E-state index in [0.717, 1.165) is 11.1 Å². The number of anilines is 1. The average molecular weight is 542 g/mol. The zero-order chi connectivity index (χ0) is 27.0. The zero-order valence-corrected chi connectivity index (χ0v) is 22.4. The maximum absolute atomic E-state index is 13.6. The number of amides is 1. The Balaban J connectivity index is 2.07. The minimum absolute atomic E-state index is 0.0106. The van der Waals surface area contributed by atoms with Crippen LogP contribution in [0.1, 0.15) is 28.3 Å². The number of hydrogen-bond donors (Lipinski definition) is 1. The molecular formula is C28H25Cl2NO6. The second-order valence-corrected chi connectivity index (χ2v) is 9.27. The summed E-state index contributed by atoms with van der Waals surface area (Å²) in [5.74, 6) is -1.55. The number of carbonyl (C=O) groups is 2. The molecule has 1 amide bonds. The van der Waals surface area contributed by atoms with Crippen LogP contribution in [0.15, 0.2) is 54.1 Å². The molecule has 37 heavy (non-hydrogen) atoms. The molecule has 0 aliphatic carbocycles. The van der Waals surface area contributed by atoms with Crippen LogP contribution < -0.4 is 19.1 Å². The van der Waals surface area contributed by atoms with E-state index in [1.54, 1.807) is 30.3 Å². The van der Waals surface area contributed by atoms with Crippen molar-refractivity contribution in [3.8, 4) is 17.2 Å². The number of ketones is 1. The molecule has 3 aromatic carbocycles. The van der Waals surface area contributed by atoms with Crippen LogP contribution in [0.25, 0.3) is 5.76 Å². The highest BCUT2D eigenvalue weighted by Crippen LogP contribution is 2.49. The van der Waals surface area contributed by atoms with Gasteiger partial charge >= 0.3 is 0 Å². The largest absolute Gasteiger partial charge is 0.507 e. The number of ether oxygens (including phenoxy) is 3. The molecule has 1 saturated heterocycles. The summed E-state index contributed by atoms with van der Waals surface area (Å²) in [5, 5.41) is 11.7. The predicted molar refractivity (Wildman–Crippen MR) is 143 cm³/mol. The minimum Gasteiger partial charge on any atom is -0.507 e. The molecule has 1 aliphatic heterocycles. The van der Waals surface area contributed by atoms with E-state index < -0.39 is 23.5 Å². The van der Waals surface area contributed by atoms with Crippen LogP contribution in [0, 0.1) is 13.8 Å². The lowest BCUT2D eigenvalue weighted by atomic mass is 9.93. The van der Waals surface area contributed by atoms with Crippen molar-refractivity contribution in [3.05, 3.63) is 86.4 Å². The number of rotatable bonds is 6. The molecule has 0 bridgehead atoms. The van der Waals surface area contributed by atoms with E-state index in [0.29, 0.717) is 17.0 Å². The number of para-hydroxylation sites is 1. The molecule has 1 aliphatic rings. The van der Waals surface area contributed by atoms with Gasteiger partial charge in [0, 0.05) is 11.3 Å². The molecule has 1 unspecified atom stereocenters. The highest BCUT2D eigenvalue weighted by atomic mass is 35.5. The molecule has 7 nitrogen and oxygen atoms in total. The normalized spacial score (nSPS) is 16.7. The van der Waals surface area contributed by atoms with Crippen molar-refractivity contribution >= 4 is 46.3 Å². The van der Waals surface area contributed by atoms with Crippen LogP contribution in [-0.4, -0.2) is 38.1 Å². The summed E-state index contributed by atoms with van der Waals surface area (Å²) < 4.78 is 16.3. The molecule has 9 heteroatoms. The Labute approximate surface area is 224 Å². The minimum atomic E-state index is -1.01. The van der Waals surface area contributed by atoms with Crippen molar-refractivity contribution in [1.82, 2.24) is 0 Å². The van der Waals surface area contributed by atoms with Gasteiger partial charge in [0.15, 0.2) is 11.5 Å². The van der Waals surface area contributed by atoms with Gasteiger partial charge in [-0.05, 0) is 37.6 Å². The summed E-state index contributed by atoms with van der Waals surface area (Å²) in [6.07, 6.45) is 0. The standard InChI is InChI=1S/C28H25Cl2NO6/c1-14-10-11-19(15(2)12-14)31-23(16-8-6-7-9-20(16)35-3)21(25(33)28(31)34)24(32)17-13-18(29)27(37-5)22(30)26(17)36-4/h6-13,23,32H,1-5H3/b24-21+. The highest BCUT2D eigenvalue weighted by molar-refractivity contribution is 6.52. The van der Waals surface area contributed by atoms with E-state index in [9.17, 15) is 14.7 Å². The lowest BCUT2D eigenvalue weighted by Crippen LogP contribution is -2.30. The van der Waals surface area contributed by atoms with Crippen LogP contribution in [-0.2, 0) is 9.59 Å². The number of carbonyl (C=O) groups excluding carboxylic acids is 2. The summed E-state index contributed by atoms with van der Waals surface area (Å²) in [6, 6.07) is 12.9. The number of nitrogens with zero attached hydrogens (tertiary/aromatic N) is 1. The highest BCUT2D eigenvalue weighted by Gasteiger charge is 2.48. The van der Waals surface area contributed by atoms with Crippen molar-refractivity contribution in [2.75, 3.05) is 26.2 Å². The van der Waals surface area contributed by atoms with Crippen LogP contribution in [0.3, 0.4) is 0 Å². The Kier molecular flexibility index (Phi) is 7.39. The molecule has 0 radical (unpaired) electrons. The number of aliphatic hydroxyl groups is 1. The van der Waals surface area contributed by atoms with Crippen molar-refractivity contribution in [2.45, 2.75) is 19.9 Å². The number of methoxy groups -OCH3 is 3. The smallest absolute Gasteiger partial charge is 0.300 e. The first-order valence-electron chi connectivity index (χ1n) is 11.3. The molecule has 3 aromatic rings. The van der Waals surface area contributed by atoms with Gasteiger partial charge in [-0.1, -0.05) is 59.1 Å². The molecule has 1 heterocycles. The van der Waals surface area contributed by atoms with Crippen LogP contribution in [0.5, 0.6) is 17.2 Å². The Morgan fingerprint density at radius 2 is 1.59 bits per heavy atom. The zero-order valence-electron chi connectivity index (χ0n) is 20.9.